The monoisotopic (exact) mass is 264 g/mol. The van der Waals surface area contributed by atoms with Gasteiger partial charge >= 0.3 is 0 Å². The van der Waals surface area contributed by atoms with Gasteiger partial charge in [0.25, 0.3) is 0 Å². The summed E-state index contributed by atoms with van der Waals surface area (Å²) in [4.78, 5) is 7.40. The molecule has 2 heterocycles. The van der Waals surface area contributed by atoms with Crippen LogP contribution in [0.2, 0.25) is 0 Å². The van der Waals surface area contributed by atoms with E-state index < -0.39 is 0 Å². The van der Waals surface area contributed by atoms with Gasteiger partial charge in [-0.3, -0.25) is 4.68 Å². The molecule has 6 heteroatoms. The van der Waals surface area contributed by atoms with Gasteiger partial charge in [-0.2, -0.15) is 5.10 Å². The van der Waals surface area contributed by atoms with E-state index in [9.17, 15) is 0 Å². The highest BCUT2D eigenvalue weighted by Gasteiger charge is 2.04. The van der Waals surface area contributed by atoms with Gasteiger partial charge in [-0.1, -0.05) is 19.1 Å². The van der Waals surface area contributed by atoms with E-state index in [1.807, 2.05) is 23.1 Å². The Morgan fingerprint density at radius 3 is 3.06 bits per heavy atom. The van der Waals surface area contributed by atoms with E-state index >= 15 is 0 Å². The summed E-state index contributed by atoms with van der Waals surface area (Å²) in [6.45, 7) is 3.45. The third kappa shape index (κ3) is 3.02. The van der Waals surface area contributed by atoms with Gasteiger partial charge in [0.2, 0.25) is 0 Å². The molecule has 18 heavy (non-hydrogen) atoms. The van der Waals surface area contributed by atoms with E-state index in [-0.39, 0.29) is 0 Å². The number of nitrogens with zero attached hydrogens (tertiary/aromatic N) is 3. The predicted octanol–water partition coefficient (Wildman–Crippen LogP) is 2.56. The van der Waals surface area contributed by atoms with Crippen LogP contribution in [0, 0.1) is 4.64 Å². The normalized spacial score (nSPS) is 10.8. The van der Waals surface area contributed by atoms with Crippen molar-refractivity contribution in [3.63, 3.8) is 0 Å². The lowest BCUT2D eigenvalue weighted by molar-refractivity contribution is 0.177. The van der Waals surface area contributed by atoms with Crippen molar-refractivity contribution in [2.45, 2.75) is 26.5 Å². The van der Waals surface area contributed by atoms with Crippen LogP contribution < -0.4 is 0 Å². The van der Waals surface area contributed by atoms with Gasteiger partial charge < -0.3 is 9.72 Å². The van der Waals surface area contributed by atoms with Crippen molar-refractivity contribution in [2.24, 2.45) is 0 Å². The van der Waals surface area contributed by atoms with Crippen molar-refractivity contribution in [1.82, 2.24) is 19.7 Å². The van der Waals surface area contributed by atoms with Gasteiger partial charge in [-0.25, -0.2) is 4.98 Å². The molecule has 96 valence electrons. The van der Waals surface area contributed by atoms with E-state index in [4.69, 9.17) is 17.0 Å². The molecule has 0 aliphatic carbocycles. The van der Waals surface area contributed by atoms with E-state index in [1.165, 1.54) is 0 Å². The second-order valence-corrected chi connectivity index (χ2v) is 4.42. The molecule has 0 saturated carbocycles. The van der Waals surface area contributed by atoms with Crippen LogP contribution in [-0.4, -0.2) is 26.9 Å². The van der Waals surface area contributed by atoms with Crippen LogP contribution >= 0.6 is 12.2 Å². The maximum atomic E-state index is 5.15. The molecule has 0 spiro atoms. The summed E-state index contributed by atoms with van der Waals surface area (Å²) in [6.07, 6.45) is 4.88. The highest BCUT2D eigenvalue weighted by Crippen LogP contribution is 2.16. The maximum absolute atomic E-state index is 5.15. The minimum Gasteiger partial charge on any atom is -0.377 e. The average Bonchev–Trinajstić information content (AvgIpc) is 2.78. The summed E-state index contributed by atoms with van der Waals surface area (Å²) < 4.78 is 7.53. The van der Waals surface area contributed by atoms with Gasteiger partial charge in [-0.05, 0) is 12.5 Å². The molecule has 0 atom stereocenters. The van der Waals surface area contributed by atoms with Crippen molar-refractivity contribution in [3.8, 4) is 11.3 Å². The molecule has 0 bridgehead atoms. The third-order valence-electron chi connectivity index (χ3n) is 2.47. The molecule has 5 nitrogen and oxygen atoms in total. The van der Waals surface area contributed by atoms with E-state index in [0.717, 1.165) is 30.0 Å². The van der Waals surface area contributed by atoms with E-state index in [1.54, 1.807) is 7.11 Å². The quantitative estimate of drug-likeness (QED) is 0.843. The van der Waals surface area contributed by atoms with Crippen LogP contribution in [0.15, 0.2) is 18.5 Å². The average molecular weight is 264 g/mol. The Morgan fingerprint density at radius 2 is 2.33 bits per heavy atom. The minimum absolute atomic E-state index is 0.417. The highest BCUT2D eigenvalue weighted by molar-refractivity contribution is 7.71. The Morgan fingerprint density at radius 1 is 1.50 bits per heavy atom. The molecule has 2 aromatic rings. The van der Waals surface area contributed by atoms with Crippen LogP contribution in [0.25, 0.3) is 11.3 Å². The number of nitrogens with one attached hydrogen (secondary N) is 1. The van der Waals surface area contributed by atoms with Crippen molar-refractivity contribution >= 4 is 12.2 Å². The minimum atomic E-state index is 0.417. The Labute approximate surface area is 111 Å². The number of rotatable bonds is 5. The fourth-order valence-corrected chi connectivity index (χ4v) is 1.95. The predicted molar refractivity (Wildman–Crippen MR) is 71.6 cm³/mol. The first-order chi connectivity index (χ1) is 8.72. The fourth-order valence-electron chi connectivity index (χ4n) is 1.72. The number of methoxy groups -OCH3 is 1. The Balaban J connectivity index is 2.33. The molecule has 0 fully saturated rings. The molecule has 1 N–H and O–H groups in total. The zero-order chi connectivity index (χ0) is 13.0. The zero-order valence-corrected chi connectivity index (χ0v) is 11.3. The lowest BCUT2D eigenvalue weighted by atomic mass is 10.2. The second kappa shape index (κ2) is 5.88. The Hall–Kier alpha value is -1.53. The SMILES string of the molecule is CCCn1cc(-c2cc(=S)nc(COC)[nH]2)cn1. The number of aryl methyl sites for hydroxylation is 1. The zero-order valence-electron chi connectivity index (χ0n) is 10.5. The summed E-state index contributed by atoms with van der Waals surface area (Å²) in [5.74, 6) is 0.725. The molecule has 0 aliphatic heterocycles. The molecule has 0 radical (unpaired) electrons. The van der Waals surface area contributed by atoms with Gasteiger partial charge in [0.1, 0.15) is 17.1 Å². The molecule has 0 amide bonds. The molecular formula is C12H16N4OS. The molecule has 0 aromatic carbocycles. The first-order valence-corrected chi connectivity index (χ1v) is 6.25. The molecule has 2 aromatic heterocycles. The molecule has 0 saturated heterocycles. The van der Waals surface area contributed by atoms with Crippen LogP contribution in [0.5, 0.6) is 0 Å². The number of aromatic nitrogens is 4. The van der Waals surface area contributed by atoms with Gasteiger partial charge in [0, 0.05) is 25.4 Å². The lowest BCUT2D eigenvalue weighted by Crippen LogP contribution is -1.98. The summed E-state index contributed by atoms with van der Waals surface area (Å²) in [5, 5.41) is 4.30. The molecule has 0 aliphatic rings. The molecular weight excluding hydrogens is 248 g/mol. The van der Waals surface area contributed by atoms with E-state index in [0.29, 0.717) is 11.2 Å². The van der Waals surface area contributed by atoms with Crippen molar-refractivity contribution in [3.05, 3.63) is 28.9 Å². The number of H-pyrrole nitrogens is 1. The smallest absolute Gasteiger partial charge is 0.134 e. The van der Waals surface area contributed by atoms with Gasteiger partial charge in [-0.15, -0.1) is 0 Å². The number of aromatic amines is 1. The van der Waals surface area contributed by atoms with Crippen LogP contribution in [0.1, 0.15) is 19.2 Å². The van der Waals surface area contributed by atoms with Crippen molar-refractivity contribution < 1.29 is 4.74 Å². The van der Waals surface area contributed by atoms with Crippen LogP contribution in [0.3, 0.4) is 0 Å². The summed E-state index contributed by atoms with van der Waals surface area (Å²) in [7, 11) is 1.63. The molecule has 0 unspecified atom stereocenters. The standard InChI is InChI=1S/C12H16N4OS/c1-3-4-16-7-9(6-13-16)10-5-12(18)15-11(14-10)8-17-2/h5-7H,3-4,8H2,1-2H3,(H,14,15,18). The largest absolute Gasteiger partial charge is 0.377 e. The topological polar surface area (TPSA) is 55.7 Å². The van der Waals surface area contributed by atoms with Gasteiger partial charge in [0.05, 0.1) is 11.9 Å². The maximum Gasteiger partial charge on any atom is 0.134 e. The van der Waals surface area contributed by atoms with Crippen molar-refractivity contribution in [1.29, 1.82) is 0 Å². The van der Waals surface area contributed by atoms with Crippen molar-refractivity contribution in [2.75, 3.05) is 7.11 Å². The Kier molecular flexibility index (Phi) is 4.22. The van der Waals surface area contributed by atoms with Gasteiger partial charge in [0.15, 0.2) is 0 Å². The van der Waals surface area contributed by atoms with Crippen LogP contribution in [0.4, 0.5) is 0 Å². The number of hydrogen-bond donors (Lipinski definition) is 1. The number of hydrogen-bond acceptors (Lipinski definition) is 4. The Bertz CT molecular complexity index is 575. The third-order valence-corrected chi connectivity index (χ3v) is 2.68. The summed E-state index contributed by atoms with van der Waals surface area (Å²) >= 11 is 5.15. The second-order valence-electron chi connectivity index (χ2n) is 4.00. The summed E-state index contributed by atoms with van der Waals surface area (Å²) in [6, 6.07) is 1.84. The van der Waals surface area contributed by atoms with Crippen LogP contribution in [-0.2, 0) is 17.9 Å². The summed E-state index contributed by atoms with van der Waals surface area (Å²) in [5.41, 5.74) is 1.93. The highest BCUT2D eigenvalue weighted by atomic mass is 32.1. The fraction of sp³-hybridized carbons (Fsp3) is 0.417. The molecule has 2 rings (SSSR count). The first kappa shape index (κ1) is 12.9. The first-order valence-electron chi connectivity index (χ1n) is 5.85. The lowest BCUT2D eigenvalue weighted by Gasteiger charge is -2.03. The number of ether oxygens (including phenoxy) is 1. The van der Waals surface area contributed by atoms with E-state index in [2.05, 4.69) is 22.0 Å².